The molecule has 104 valence electrons. The maximum absolute atomic E-state index is 2.29. The van der Waals surface area contributed by atoms with Gasteiger partial charge in [0.2, 0.25) is 0 Å². The molecule has 0 rings (SSSR count). The van der Waals surface area contributed by atoms with Crippen molar-refractivity contribution in [2.24, 2.45) is 0 Å². The Hall–Kier alpha value is 0.597. The van der Waals surface area contributed by atoms with Crippen LogP contribution in [0.3, 0.4) is 0 Å². The van der Waals surface area contributed by atoms with Gasteiger partial charge in [-0.1, -0.05) is 32.6 Å². The molecule has 0 aromatic heterocycles. The van der Waals surface area contributed by atoms with Gasteiger partial charge in [0.05, 0.1) is 0 Å². The predicted octanol–water partition coefficient (Wildman–Crippen LogP) is 6.44. The molecule has 0 fully saturated rings. The molecule has 0 aromatic carbocycles. The molecule has 1 heteroatoms. The second-order valence-corrected chi connectivity index (χ2v) is 5.95. The Morgan fingerprint density at radius 3 is 1.00 bits per heavy atom. The molecule has 0 heterocycles. The Balaban J connectivity index is 2.86. The number of unbranched alkanes of at least 4 members (excludes halogenated alkanes) is 14. The van der Waals surface area contributed by atoms with Gasteiger partial charge < -0.3 is 0 Å². The average molecular weight is 246 g/mol. The Kier molecular flexibility index (Phi) is 18.2. The van der Waals surface area contributed by atoms with Crippen molar-refractivity contribution in [1.29, 1.82) is 0 Å². The molecule has 0 atom stereocenters. The maximum atomic E-state index is 2.29. The van der Waals surface area contributed by atoms with Crippen LogP contribution in [0.2, 0.25) is 5.09 Å². The zero-order chi connectivity index (χ0) is 13.3. The van der Waals surface area contributed by atoms with Crippen LogP contribution in [0.1, 0.15) is 103 Å². The van der Waals surface area contributed by atoms with E-state index in [1.807, 2.05) is 0 Å². The van der Waals surface area contributed by atoms with Crippen LogP contribution in [0, 0.1) is 0 Å². The summed E-state index contributed by atoms with van der Waals surface area (Å²) < 4.78 is 0. The van der Waals surface area contributed by atoms with Crippen LogP contribution < -0.4 is 0 Å². The van der Waals surface area contributed by atoms with Gasteiger partial charge in [0.25, 0.3) is 0 Å². The van der Waals surface area contributed by atoms with Gasteiger partial charge in [0, 0.05) is 0 Å². The summed E-state index contributed by atoms with van der Waals surface area (Å²) >= 11 is 2.29. The zero-order valence-electron chi connectivity index (χ0n) is 13.3. The molecule has 0 saturated carbocycles. The second-order valence-electron chi connectivity index (χ2n) is 5.95. The third-order valence-corrected chi connectivity index (χ3v) is 3.96. The van der Waals surface area contributed by atoms with Gasteiger partial charge in [-0.3, -0.25) is 0 Å². The molecule has 0 aliphatic rings. The van der Waals surface area contributed by atoms with Gasteiger partial charge in [-0.2, -0.15) is 0 Å². The van der Waals surface area contributed by atoms with Crippen molar-refractivity contribution in [3.05, 3.63) is 0 Å². The molecule has 0 aliphatic carbocycles. The van der Waals surface area contributed by atoms with E-state index in [2.05, 4.69) is 24.6 Å². The summed E-state index contributed by atoms with van der Waals surface area (Å²) in [6, 6.07) is 0. The van der Waals surface area contributed by atoms with Crippen molar-refractivity contribution in [1.82, 2.24) is 0 Å². The van der Waals surface area contributed by atoms with Gasteiger partial charge in [0.15, 0.2) is 0 Å². The van der Waals surface area contributed by atoms with Crippen molar-refractivity contribution in [2.45, 2.75) is 108 Å². The first-order valence-corrected chi connectivity index (χ1v) is 8.91. The van der Waals surface area contributed by atoms with Gasteiger partial charge in [0.1, 0.15) is 0 Å². The third-order valence-electron chi connectivity index (χ3n) is 3.96. The fraction of sp³-hybridized carbons (Fsp3) is 1.00. The number of rotatable bonds is 15. The fourth-order valence-corrected chi connectivity index (χ4v) is 2.62. The molecule has 0 aromatic rings. The molecule has 0 amide bonds. The normalized spacial score (nSPS) is 11.1. The van der Waals surface area contributed by atoms with Crippen molar-refractivity contribution < 1.29 is 0 Å². The molecule has 0 N–H and O–H groups in total. The van der Waals surface area contributed by atoms with Crippen molar-refractivity contribution in [3.63, 3.8) is 0 Å². The van der Waals surface area contributed by atoms with E-state index in [1.165, 1.54) is 101 Å². The zero-order valence-corrected chi connectivity index (χ0v) is 13.3. The molecule has 0 spiro atoms. The van der Waals surface area contributed by atoms with Crippen LogP contribution in [-0.4, -0.2) is 17.7 Å². The second kappa shape index (κ2) is 17.6. The molecule has 0 bridgehead atoms. The average Bonchev–Trinajstić information content (AvgIpc) is 2.39. The van der Waals surface area contributed by atoms with Crippen molar-refractivity contribution >= 4 is 17.7 Å². The van der Waals surface area contributed by atoms with Crippen LogP contribution in [0.25, 0.3) is 0 Å². The number of hydrogen-bond donors (Lipinski definition) is 0. The SMILES string of the molecule is [Li][CH2]CCCCCCCCCCCCCCCC. The quantitative estimate of drug-likeness (QED) is 0.230. The molecule has 0 aliphatic heterocycles. The van der Waals surface area contributed by atoms with Crippen LogP contribution in [-0.2, 0) is 0 Å². The minimum absolute atomic E-state index is 1.37. The Labute approximate surface area is 126 Å². The minimum atomic E-state index is 1.37. The van der Waals surface area contributed by atoms with Gasteiger partial charge in [-0.15, -0.1) is 0 Å². The van der Waals surface area contributed by atoms with Crippen molar-refractivity contribution in [3.8, 4) is 0 Å². The first-order chi connectivity index (χ1) is 8.91. The molecule has 18 heavy (non-hydrogen) atoms. The summed E-state index contributed by atoms with van der Waals surface area (Å²) in [7, 11) is 0. The minimum Gasteiger partial charge on any atom is -0.0654 e. The van der Waals surface area contributed by atoms with E-state index in [-0.39, 0.29) is 0 Å². The van der Waals surface area contributed by atoms with Crippen molar-refractivity contribution in [2.75, 3.05) is 0 Å². The summed E-state index contributed by atoms with van der Waals surface area (Å²) in [6.45, 7) is 2.29. The summed E-state index contributed by atoms with van der Waals surface area (Å²) in [5, 5.41) is 1.37. The van der Waals surface area contributed by atoms with Gasteiger partial charge in [-0.25, -0.2) is 0 Å². The summed E-state index contributed by atoms with van der Waals surface area (Å²) in [6.07, 6.45) is 22.0. The molecular weight excluding hydrogens is 211 g/mol. The molecule has 0 saturated heterocycles. The summed E-state index contributed by atoms with van der Waals surface area (Å²) in [5.74, 6) is 0. The predicted molar refractivity (Wildman–Crippen MR) is 85.5 cm³/mol. The van der Waals surface area contributed by atoms with Crippen LogP contribution >= 0.6 is 0 Å². The first kappa shape index (κ1) is 18.6. The smallest absolute Gasteiger partial charge is 0.0654 e. The molecule has 0 radical (unpaired) electrons. The standard InChI is InChI=1S/C17H35.Li/c1-3-5-7-9-11-13-15-17-16-14-12-10-8-6-4-2;/h1,3-17H2,2H3;. The van der Waals surface area contributed by atoms with E-state index in [0.29, 0.717) is 0 Å². The Morgan fingerprint density at radius 1 is 0.444 bits per heavy atom. The number of hydrogen-bond acceptors (Lipinski definition) is 0. The monoisotopic (exact) mass is 246 g/mol. The Morgan fingerprint density at radius 2 is 0.722 bits per heavy atom. The van der Waals surface area contributed by atoms with Crippen LogP contribution in [0.15, 0.2) is 0 Å². The van der Waals surface area contributed by atoms with E-state index in [4.69, 9.17) is 0 Å². The van der Waals surface area contributed by atoms with Crippen LogP contribution in [0.5, 0.6) is 0 Å². The van der Waals surface area contributed by atoms with E-state index in [0.717, 1.165) is 0 Å². The molecule has 0 nitrogen and oxygen atoms in total. The first-order valence-electron chi connectivity index (χ1n) is 8.91. The topological polar surface area (TPSA) is 0 Å². The third kappa shape index (κ3) is 16.6. The summed E-state index contributed by atoms with van der Waals surface area (Å²) in [5.41, 5.74) is 0. The van der Waals surface area contributed by atoms with Gasteiger partial charge in [-0.05, 0) is 0 Å². The summed E-state index contributed by atoms with van der Waals surface area (Å²) in [4.78, 5) is 0. The molecule has 0 unspecified atom stereocenters. The van der Waals surface area contributed by atoms with E-state index < -0.39 is 0 Å². The van der Waals surface area contributed by atoms with E-state index in [9.17, 15) is 0 Å². The Bertz CT molecular complexity index is 118. The van der Waals surface area contributed by atoms with Crippen LogP contribution in [0.4, 0.5) is 0 Å². The van der Waals surface area contributed by atoms with E-state index >= 15 is 0 Å². The van der Waals surface area contributed by atoms with Gasteiger partial charge >= 0.3 is 93.4 Å². The fourth-order valence-electron chi connectivity index (χ4n) is 2.62. The molecular formula is C17H35Li. The van der Waals surface area contributed by atoms with E-state index in [1.54, 1.807) is 0 Å².